The lowest BCUT2D eigenvalue weighted by Crippen LogP contribution is -2.39. The van der Waals surface area contributed by atoms with Crippen LogP contribution in [0.25, 0.3) is 0 Å². The summed E-state index contributed by atoms with van der Waals surface area (Å²) < 4.78 is 30.7. The fourth-order valence-electron chi connectivity index (χ4n) is 1.61. The summed E-state index contributed by atoms with van der Waals surface area (Å²) in [5.74, 6) is -1.60. The van der Waals surface area contributed by atoms with E-state index in [1.807, 2.05) is 0 Å². The molecule has 1 atom stereocenters. The number of hydrogen-bond donors (Lipinski definition) is 2. The highest BCUT2D eigenvalue weighted by Crippen LogP contribution is 2.12. The lowest BCUT2D eigenvalue weighted by atomic mass is 10.1. The summed E-state index contributed by atoms with van der Waals surface area (Å²) in [6.07, 6.45) is 0.297. The number of methoxy groups -OCH3 is 1. The van der Waals surface area contributed by atoms with Crippen LogP contribution in [0.15, 0.2) is 29.2 Å². The zero-order valence-corrected chi connectivity index (χ0v) is 12.5. The van der Waals surface area contributed by atoms with E-state index in [1.54, 1.807) is 12.1 Å². The molecule has 2 N–H and O–H groups in total. The maximum Gasteiger partial charge on any atom is 0.323 e. The highest BCUT2D eigenvalue weighted by atomic mass is 32.2. The van der Waals surface area contributed by atoms with Gasteiger partial charge in [-0.1, -0.05) is 12.1 Å². The molecule has 0 spiro atoms. The quantitative estimate of drug-likeness (QED) is 0.711. The molecule has 1 aromatic rings. The third-order valence-electron chi connectivity index (χ3n) is 2.75. The maximum atomic E-state index is 12.0. The third-order valence-corrected chi connectivity index (χ3v) is 4.30. The second-order valence-corrected chi connectivity index (χ2v) is 6.12. The number of carboxylic acids is 1. The number of ether oxygens (including phenoxy) is 1. The van der Waals surface area contributed by atoms with E-state index in [2.05, 4.69) is 9.46 Å². The van der Waals surface area contributed by atoms with Gasteiger partial charge in [-0.05, 0) is 31.0 Å². The van der Waals surface area contributed by atoms with E-state index >= 15 is 0 Å². The van der Waals surface area contributed by atoms with Gasteiger partial charge in [0.2, 0.25) is 10.0 Å². The van der Waals surface area contributed by atoms with Crippen LogP contribution in [-0.2, 0) is 30.8 Å². The molecular formula is C13H17NO6S. The van der Waals surface area contributed by atoms with Gasteiger partial charge in [0.25, 0.3) is 0 Å². The normalized spacial score (nSPS) is 12.7. The van der Waals surface area contributed by atoms with Crippen molar-refractivity contribution in [2.75, 3.05) is 7.11 Å². The van der Waals surface area contributed by atoms with E-state index in [0.29, 0.717) is 6.42 Å². The van der Waals surface area contributed by atoms with E-state index in [0.717, 1.165) is 5.56 Å². The van der Waals surface area contributed by atoms with Crippen molar-refractivity contribution in [3.05, 3.63) is 29.8 Å². The summed E-state index contributed by atoms with van der Waals surface area (Å²) >= 11 is 0. The fourth-order valence-corrected chi connectivity index (χ4v) is 2.80. The second kappa shape index (κ2) is 7.19. The van der Waals surface area contributed by atoms with E-state index in [-0.39, 0.29) is 11.3 Å². The molecule has 0 amide bonds. The van der Waals surface area contributed by atoms with E-state index in [4.69, 9.17) is 5.11 Å². The average Bonchev–Trinajstić information content (AvgIpc) is 2.44. The Balaban J connectivity index is 2.80. The van der Waals surface area contributed by atoms with Crippen LogP contribution in [-0.4, -0.2) is 38.6 Å². The molecule has 8 heteroatoms. The van der Waals surface area contributed by atoms with Crippen LogP contribution in [0.2, 0.25) is 0 Å². The Bertz CT molecular complexity index is 608. The summed E-state index contributed by atoms with van der Waals surface area (Å²) in [5.41, 5.74) is 0.720. The van der Waals surface area contributed by atoms with Crippen molar-refractivity contribution < 1.29 is 27.9 Å². The van der Waals surface area contributed by atoms with Crippen molar-refractivity contribution in [3.63, 3.8) is 0 Å². The first-order chi connectivity index (χ1) is 9.76. The van der Waals surface area contributed by atoms with Gasteiger partial charge in [-0.2, -0.15) is 4.72 Å². The first-order valence-corrected chi connectivity index (χ1v) is 7.65. The topological polar surface area (TPSA) is 110 Å². The number of aryl methyl sites for hydroxylation is 1. The molecule has 0 aliphatic heterocycles. The SMILES string of the molecule is COC(=O)[C@H](C)NS(=O)(=O)c1ccc(CCC(=O)O)cc1. The molecule has 0 radical (unpaired) electrons. The number of sulfonamides is 1. The van der Waals surface area contributed by atoms with Crippen molar-refractivity contribution in [2.24, 2.45) is 0 Å². The average molecular weight is 315 g/mol. The molecule has 0 saturated carbocycles. The smallest absolute Gasteiger partial charge is 0.323 e. The minimum absolute atomic E-state index is 0.00247. The van der Waals surface area contributed by atoms with Gasteiger partial charge >= 0.3 is 11.9 Å². The highest BCUT2D eigenvalue weighted by Gasteiger charge is 2.22. The first kappa shape index (κ1) is 17.1. The fraction of sp³-hybridized carbons (Fsp3) is 0.385. The molecule has 116 valence electrons. The largest absolute Gasteiger partial charge is 0.481 e. The Morgan fingerprint density at radius 3 is 2.33 bits per heavy atom. The molecule has 0 unspecified atom stereocenters. The molecule has 21 heavy (non-hydrogen) atoms. The van der Waals surface area contributed by atoms with Crippen molar-refractivity contribution in [3.8, 4) is 0 Å². The van der Waals surface area contributed by atoms with E-state index in [9.17, 15) is 18.0 Å². The summed E-state index contributed by atoms with van der Waals surface area (Å²) in [6.45, 7) is 1.38. The van der Waals surface area contributed by atoms with Gasteiger partial charge in [0.15, 0.2) is 0 Å². The van der Waals surface area contributed by atoms with Gasteiger partial charge < -0.3 is 9.84 Å². The number of carboxylic acid groups (broad SMARTS) is 1. The van der Waals surface area contributed by atoms with Gasteiger partial charge in [0, 0.05) is 6.42 Å². The number of carbonyl (C=O) groups is 2. The predicted octanol–water partition coefficient (Wildman–Crippen LogP) is 0.544. The summed E-state index contributed by atoms with van der Waals surface area (Å²) in [7, 11) is -2.66. The number of hydrogen-bond acceptors (Lipinski definition) is 5. The van der Waals surface area contributed by atoms with Gasteiger partial charge in [-0.15, -0.1) is 0 Å². The minimum atomic E-state index is -3.83. The molecule has 0 fully saturated rings. The van der Waals surface area contributed by atoms with Crippen LogP contribution in [0.4, 0.5) is 0 Å². The van der Waals surface area contributed by atoms with Crippen LogP contribution >= 0.6 is 0 Å². The molecular weight excluding hydrogens is 298 g/mol. The number of aliphatic carboxylic acids is 1. The monoisotopic (exact) mass is 315 g/mol. The Kier molecular flexibility index (Phi) is 5.86. The summed E-state index contributed by atoms with van der Waals surface area (Å²) in [6, 6.07) is 4.82. The Hall–Kier alpha value is -1.93. The van der Waals surface area contributed by atoms with Gasteiger partial charge in [0.05, 0.1) is 12.0 Å². The molecule has 0 aliphatic carbocycles. The molecule has 0 heterocycles. The molecule has 0 bridgehead atoms. The number of nitrogens with one attached hydrogen (secondary N) is 1. The molecule has 0 aliphatic rings. The van der Waals surface area contributed by atoms with Crippen molar-refractivity contribution >= 4 is 22.0 Å². The zero-order valence-electron chi connectivity index (χ0n) is 11.7. The lowest BCUT2D eigenvalue weighted by molar-refractivity contribution is -0.142. The standard InChI is InChI=1S/C13H17NO6S/c1-9(13(17)20-2)14-21(18,19)11-6-3-10(4-7-11)5-8-12(15)16/h3-4,6-7,9,14H,5,8H2,1-2H3,(H,15,16)/t9-/m0/s1. The summed E-state index contributed by atoms with van der Waals surface area (Å²) in [5, 5.41) is 8.58. The lowest BCUT2D eigenvalue weighted by Gasteiger charge is -2.12. The zero-order chi connectivity index (χ0) is 16.0. The molecule has 1 rings (SSSR count). The first-order valence-electron chi connectivity index (χ1n) is 6.17. The minimum Gasteiger partial charge on any atom is -0.481 e. The molecule has 0 aromatic heterocycles. The maximum absolute atomic E-state index is 12.0. The number of carbonyl (C=O) groups excluding carboxylic acids is 1. The predicted molar refractivity (Wildman–Crippen MR) is 74.2 cm³/mol. The Morgan fingerprint density at radius 2 is 1.86 bits per heavy atom. The van der Waals surface area contributed by atoms with Crippen LogP contribution < -0.4 is 4.72 Å². The van der Waals surface area contributed by atoms with E-state index in [1.165, 1.54) is 26.2 Å². The van der Waals surface area contributed by atoms with Crippen molar-refractivity contribution in [1.29, 1.82) is 0 Å². The summed E-state index contributed by atoms with van der Waals surface area (Å²) in [4.78, 5) is 21.7. The molecule has 1 aromatic carbocycles. The van der Waals surface area contributed by atoms with Crippen LogP contribution in [0.1, 0.15) is 18.9 Å². The van der Waals surface area contributed by atoms with Crippen LogP contribution in [0.3, 0.4) is 0 Å². The van der Waals surface area contributed by atoms with Crippen molar-refractivity contribution in [2.45, 2.75) is 30.7 Å². The highest BCUT2D eigenvalue weighted by molar-refractivity contribution is 7.89. The second-order valence-electron chi connectivity index (χ2n) is 4.40. The van der Waals surface area contributed by atoms with Crippen LogP contribution in [0.5, 0.6) is 0 Å². The van der Waals surface area contributed by atoms with Gasteiger partial charge in [0.1, 0.15) is 6.04 Å². The Labute approximate surface area is 123 Å². The van der Waals surface area contributed by atoms with Crippen LogP contribution in [0, 0.1) is 0 Å². The van der Waals surface area contributed by atoms with Gasteiger partial charge in [-0.3, -0.25) is 9.59 Å². The third kappa shape index (κ3) is 5.16. The van der Waals surface area contributed by atoms with Crippen molar-refractivity contribution in [1.82, 2.24) is 4.72 Å². The molecule has 7 nitrogen and oxygen atoms in total. The molecule has 0 saturated heterocycles. The Morgan fingerprint density at radius 1 is 1.29 bits per heavy atom. The van der Waals surface area contributed by atoms with Gasteiger partial charge in [-0.25, -0.2) is 8.42 Å². The van der Waals surface area contributed by atoms with E-state index < -0.39 is 28.0 Å². The number of rotatable bonds is 7. The number of esters is 1. The number of benzene rings is 1.